The van der Waals surface area contributed by atoms with Gasteiger partial charge < -0.3 is 8.98 Å². The highest BCUT2D eigenvalue weighted by atomic mass is 35.5. The molecule has 0 N–H and O–H groups in total. The highest BCUT2D eigenvalue weighted by Gasteiger charge is 2.17. The van der Waals surface area contributed by atoms with E-state index in [2.05, 4.69) is 4.98 Å². The van der Waals surface area contributed by atoms with Crippen molar-refractivity contribution in [1.82, 2.24) is 9.55 Å². The zero-order valence-corrected chi connectivity index (χ0v) is 14.5. The Hall–Kier alpha value is -3.18. The Labute approximate surface area is 153 Å². The molecule has 5 nitrogen and oxygen atoms in total. The summed E-state index contributed by atoms with van der Waals surface area (Å²) in [6.07, 6.45) is 0. The summed E-state index contributed by atoms with van der Waals surface area (Å²) < 4.78 is 6.75. The van der Waals surface area contributed by atoms with E-state index < -0.39 is 5.76 Å². The molecule has 0 aliphatic heterocycles. The summed E-state index contributed by atoms with van der Waals surface area (Å²) in [7, 11) is 1.67. The highest BCUT2D eigenvalue weighted by Crippen LogP contribution is 2.27. The smallest absolute Gasteiger partial charge is 0.408 e. The van der Waals surface area contributed by atoms with E-state index in [0.717, 1.165) is 5.56 Å². The van der Waals surface area contributed by atoms with Crippen LogP contribution in [0, 0.1) is 0 Å². The minimum Gasteiger partial charge on any atom is -0.408 e. The van der Waals surface area contributed by atoms with Crippen LogP contribution >= 0.6 is 11.6 Å². The molecule has 0 spiro atoms. The Morgan fingerprint density at radius 3 is 2.35 bits per heavy atom. The lowest BCUT2D eigenvalue weighted by Gasteiger charge is -2.11. The number of pyridine rings is 1. The number of nitrogens with zero attached hydrogens (tertiary/aromatic N) is 2. The van der Waals surface area contributed by atoms with Crippen LogP contribution in [-0.4, -0.2) is 9.55 Å². The summed E-state index contributed by atoms with van der Waals surface area (Å²) in [6.45, 7) is 0. The molecule has 2 heterocycles. The van der Waals surface area contributed by atoms with Crippen molar-refractivity contribution >= 4 is 22.6 Å². The second-order valence-corrected chi connectivity index (χ2v) is 6.27. The Morgan fingerprint density at radius 2 is 1.65 bits per heavy atom. The van der Waals surface area contributed by atoms with Crippen LogP contribution in [0.3, 0.4) is 0 Å². The van der Waals surface area contributed by atoms with Gasteiger partial charge in [0.2, 0.25) is 0 Å². The van der Waals surface area contributed by atoms with Gasteiger partial charge in [-0.05, 0) is 17.7 Å². The molecule has 0 saturated carbocycles. The lowest BCUT2D eigenvalue weighted by atomic mass is 10.1. The quantitative estimate of drug-likeness (QED) is 0.541. The maximum Gasteiger partial charge on any atom is 0.439 e. The molecule has 2 aromatic carbocycles. The Bertz CT molecular complexity index is 1230. The normalized spacial score (nSPS) is 11.0. The first-order chi connectivity index (χ1) is 12.5. The number of hydrogen-bond acceptors (Lipinski definition) is 4. The van der Waals surface area contributed by atoms with Crippen LogP contribution in [0.1, 0.15) is 0 Å². The SMILES string of the molecule is Cn1c(-c2ccc(Cl)cc2)cc2oc(=O)nc(-c3ccccc3)c2c1=O. The van der Waals surface area contributed by atoms with E-state index >= 15 is 0 Å². The first-order valence-corrected chi connectivity index (χ1v) is 8.28. The summed E-state index contributed by atoms with van der Waals surface area (Å²) in [5.41, 5.74) is 2.32. The maximum atomic E-state index is 13.0. The fourth-order valence-corrected chi connectivity index (χ4v) is 3.07. The van der Waals surface area contributed by atoms with Gasteiger partial charge in [0.1, 0.15) is 11.0 Å². The number of fused-ring (bicyclic) bond motifs is 1. The van der Waals surface area contributed by atoms with Crippen LogP contribution in [0.15, 0.2) is 74.7 Å². The molecule has 0 aliphatic rings. The largest absolute Gasteiger partial charge is 0.439 e. The van der Waals surface area contributed by atoms with Crippen molar-refractivity contribution in [3.05, 3.63) is 86.6 Å². The monoisotopic (exact) mass is 364 g/mol. The molecule has 6 heteroatoms. The van der Waals surface area contributed by atoms with Gasteiger partial charge in [0, 0.05) is 23.7 Å². The lowest BCUT2D eigenvalue weighted by Crippen LogP contribution is -2.21. The van der Waals surface area contributed by atoms with Gasteiger partial charge >= 0.3 is 5.76 Å². The minimum absolute atomic E-state index is 0.205. The zero-order chi connectivity index (χ0) is 18.3. The first-order valence-electron chi connectivity index (χ1n) is 7.91. The van der Waals surface area contributed by atoms with Crippen LogP contribution < -0.4 is 11.3 Å². The van der Waals surface area contributed by atoms with E-state index in [-0.39, 0.29) is 16.5 Å². The molecule has 0 amide bonds. The van der Waals surface area contributed by atoms with Crippen LogP contribution in [0.5, 0.6) is 0 Å². The van der Waals surface area contributed by atoms with Gasteiger partial charge in [-0.1, -0.05) is 54.1 Å². The van der Waals surface area contributed by atoms with Crippen molar-refractivity contribution < 1.29 is 4.42 Å². The van der Waals surface area contributed by atoms with Gasteiger partial charge in [-0.15, -0.1) is 0 Å². The van der Waals surface area contributed by atoms with Crippen LogP contribution in [0.4, 0.5) is 0 Å². The lowest BCUT2D eigenvalue weighted by molar-refractivity contribution is 0.531. The van der Waals surface area contributed by atoms with Gasteiger partial charge in [0.25, 0.3) is 5.56 Å². The fraction of sp³-hybridized carbons (Fsp3) is 0.0500. The summed E-state index contributed by atoms with van der Waals surface area (Å²) in [5, 5.41) is 0.873. The minimum atomic E-state index is -0.744. The molecule has 0 bridgehead atoms. The average Bonchev–Trinajstić information content (AvgIpc) is 2.65. The molecule has 0 atom stereocenters. The molecule has 128 valence electrons. The average molecular weight is 365 g/mol. The molecule has 4 aromatic rings. The third-order valence-electron chi connectivity index (χ3n) is 4.22. The predicted octanol–water partition coefficient (Wildman–Crippen LogP) is 3.87. The third-order valence-corrected chi connectivity index (χ3v) is 4.47. The van der Waals surface area contributed by atoms with Crippen molar-refractivity contribution in [2.75, 3.05) is 0 Å². The van der Waals surface area contributed by atoms with E-state index in [9.17, 15) is 9.59 Å². The van der Waals surface area contributed by atoms with E-state index in [1.54, 1.807) is 49.5 Å². The summed E-state index contributed by atoms with van der Waals surface area (Å²) in [5.74, 6) is -0.744. The molecule has 0 unspecified atom stereocenters. The standard InChI is InChI=1S/C20H13ClN2O3/c1-23-15(12-7-9-14(21)10-8-12)11-16-17(19(23)24)18(22-20(25)26-16)13-5-3-2-4-6-13/h2-11H,1H3. The van der Waals surface area contributed by atoms with E-state index in [1.165, 1.54) is 4.57 Å². The second-order valence-electron chi connectivity index (χ2n) is 5.83. The molecule has 0 aliphatic carbocycles. The Morgan fingerprint density at radius 1 is 0.962 bits per heavy atom. The predicted molar refractivity (Wildman–Crippen MR) is 101 cm³/mol. The molecule has 26 heavy (non-hydrogen) atoms. The van der Waals surface area contributed by atoms with Gasteiger partial charge in [-0.3, -0.25) is 4.79 Å². The number of rotatable bonds is 2. The van der Waals surface area contributed by atoms with Crippen molar-refractivity contribution in [3.63, 3.8) is 0 Å². The maximum absolute atomic E-state index is 13.0. The Kier molecular flexibility index (Phi) is 3.93. The van der Waals surface area contributed by atoms with Gasteiger partial charge in [-0.25, -0.2) is 4.79 Å². The summed E-state index contributed by atoms with van der Waals surface area (Å²) in [6, 6.07) is 17.9. The van der Waals surface area contributed by atoms with Crippen molar-refractivity contribution in [2.24, 2.45) is 7.05 Å². The number of benzene rings is 2. The van der Waals surface area contributed by atoms with Gasteiger partial charge in [-0.2, -0.15) is 4.98 Å². The number of aromatic nitrogens is 2. The Balaban J connectivity index is 2.07. The van der Waals surface area contributed by atoms with E-state index in [4.69, 9.17) is 16.0 Å². The topological polar surface area (TPSA) is 65.1 Å². The molecule has 2 aromatic heterocycles. The number of halogens is 1. The van der Waals surface area contributed by atoms with Crippen molar-refractivity contribution in [2.45, 2.75) is 0 Å². The second kappa shape index (κ2) is 6.28. The molecule has 0 radical (unpaired) electrons. The molecular formula is C20H13ClN2O3. The van der Waals surface area contributed by atoms with Crippen LogP contribution in [0.25, 0.3) is 33.5 Å². The molecule has 0 saturated heterocycles. The highest BCUT2D eigenvalue weighted by molar-refractivity contribution is 6.30. The number of hydrogen-bond donors (Lipinski definition) is 0. The third kappa shape index (κ3) is 2.72. The van der Waals surface area contributed by atoms with Gasteiger partial charge in [0.05, 0.1) is 11.4 Å². The fourth-order valence-electron chi connectivity index (χ4n) is 2.94. The molecular weight excluding hydrogens is 352 g/mol. The molecule has 0 fully saturated rings. The van der Waals surface area contributed by atoms with Crippen molar-refractivity contribution in [3.8, 4) is 22.5 Å². The van der Waals surface area contributed by atoms with E-state index in [1.807, 2.05) is 18.2 Å². The van der Waals surface area contributed by atoms with Crippen LogP contribution in [-0.2, 0) is 7.05 Å². The summed E-state index contributed by atoms with van der Waals surface area (Å²) >= 11 is 5.94. The first kappa shape index (κ1) is 16.3. The van der Waals surface area contributed by atoms with Gasteiger partial charge in [0.15, 0.2) is 0 Å². The van der Waals surface area contributed by atoms with Crippen LogP contribution in [0.2, 0.25) is 5.02 Å². The van der Waals surface area contributed by atoms with Crippen molar-refractivity contribution in [1.29, 1.82) is 0 Å². The summed E-state index contributed by atoms with van der Waals surface area (Å²) in [4.78, 5) is 28.9. The molecule has 4 rings (SSSR count). The zero-order valence-electron chi connectivity index (χ0n) is 13.8. The van der Waals surface area contributed by atoms with E-state index in [0.29, 0.717) is 22.0 Å².